The zero-order valence-corrected chi connectivity index (χ0v) is 64.8. The van der Waals surface area contributed by atoms with Crippen molar-refractivity contribution in [1.82, 2.24) is 0 Å². The highest BCUT2D eigenvalue weighted by Crippen LogP contribution is 2.45. The van der Waals surface area contributed by atoms with E-state index in [0.29, 0.717) is 25.7 Å². The lowest BCUT2D eigenvalue weighted by Gasteiger charge is -2.21. The molecule has 0 aromatic heterocycles. The van der Waals surface area contributed by atoms with Crippen LogP contribution in [0.5, 0.6) is 0 Å². The number of esters is 3. The summed E-state index contributed by atoms with van der Waals surface area (Å²) in [4.78, 5) is 58.5. The quantitative estimate of drug-likeness (QED) is 0.0146. The molecule has 0 aliphatic carbocycles. The number of hydrogen-bond acceptors (Lipinski definition) is 14. The maximum absolute atomic E-state index is 12.9. The summed E-state index contributed by atoms with van der Waals surface area (Å²) >= 11 is 0. The SMILES string of the molecule is CC/C=C\C/C=C\C/C=C\C/C=C\C/C=C\C/C=C\CCC(=O)OCC(COP(=O)(O)OCC(O)COP(=O)(O)OCC(O)COC(=O)CCCCCCCCCCCCCCCCCCC/C=C\C/C=C\C/C=C\C/C=C\C/C=C\CC)OC(=O)CCCCCCC/C=C\CCCCCC. The van der Waals surface area contributed by atoms with Gasteiger partial charge in [0.05, 0.1) is 26.4 Å². The van der Waals surface area contributed by atoms with Crippen molar-refractivity contribution in [2.75, 3.05) is 39.6 Å². The van der Waals surface area contributed by atoms with Crippen LogP contribution >= 0.6 is 15.6 Å². The van der Waals surface area contributed by atoms with Crippen LogP contribution in [0, 0.1) is 0 Å². The Balaban J connectivity index is 4.45. The molecule has 0 radical (unpaired) electrons. The van der Waals surface area contributed by atoms with Gasteiger partial charge in [-0.25, -0.2) is 9.13 Å². The van der Waals surface area contributed by atoms with E-state index in [1.165, 1.54) is 116 Å². The zero-order chi connectivity index (χ0) is 73.7. The van der Waals surface area contributed by atoms with Crippen LogP contribution < -0.4 is 0 Å². The van der Waals surface area contributed by atoms with Crippen molar-refractivity contribution in [1.29, 1.82) is 0 Å². The topological polar surface area (TPSA) is 231 Å². The summed E-state index contributed by atoms with van der Waals surface area (Å²) in [5.41, 5.74) is 0. The Morgan fingerprint density at radius 3 is 0.901 bits per heavy atom. The van der Waals surface area contributed by atoms with Gasteiger partial charge in [-0.05, 0) is 128 Å². The highest BCUT2D eigenvalue weighted by molar-refractivity contribution is 7.47. The fraction of sp³-hybridized carbons (Fsp3) is 0.675. The number of allylic oxidation sites excluding steroid dienone is 24. The van der Waals surface area contributed by atoms with Gasteiger partial charge in [0.2, 0.25) is 0 Å². The van der Waals surface area contributed by atoms with Gasteiger partial charge in [0.15, 0.2) is 6.10 Å². The van der Waals surface area contributed by atoms with Crippen LogP contribution in [0.15, 0.2) is 146 Å². The molecule has 0 fully saturated rings. The first-order valence-electron chi connectivity index (χ1n) is 39.1. The second-order valence-corrected chi connectivity index (χ2v) is 28.7. The van der Waals surface area contributed by atoms with Crippen molar-refractivity contribution < 1.29 is 75.8 Å². The molecule has 16 nitrogen and oxygen atoms in total. The lowest BCUT2D eigenvalue weighted by Crippen LogP contribution is -2.30. The molecule has 0 spiro atoms. The first-order valence-corrected chi connectivity index (χ1v) is 42.1. The Labute approximate surface area is 613 Å². The van der Waals surface area contributed by atoms with Gasteiger partial charge < -0.3 is 34.2 Å². The molecule has 4 N–H and O–H groups in total. The van der Waals surface area contributed by atoms with Crippen LogP contribution in [0.1, 0.15) is 303 Å². The van der Waals surface area contributed by atoms with Crippen LogP contribution in [-0.2, 0) is 55.8 Å². The summed E-state index contributed by atoms with van der Waals surface area (Å²) in [6.45, 7) is 2.34. The second-order valence-electron chi connectivity index (χ2n) is 25.7. The largest absolute Gasteiger partial charge is 0.472 e. The Kier molecular flexibility index (Phi) is 71.7. The fourth-order valence-corrected chi connectivity index (χ4v) is 11.7. The third kappa shape index (κ3) is 76.4. The van der Waals surface area contributed by atoms with Crippen molar-refractivity contribution in [3.8, 4) is 0 Å². The predicted octanol–water partition coefficient (Wildman–Crippen LogP) is 22.9. The highest BCUT2D eigenvalue weighted by Gasteiger charge is 2.29. The standard InChI is InChI=1S/C83H140O16P2/c1-4-7-10-13-16-19-22-25-27-29-31-32-33-34-35-36-37-38-39-40-41-42-43-44-46-48-49-52-54-57-60-63-66-69-81(86)93-72-78(84)73-95-100(89,90)96-74-79(85)75-97-101(91,92)98-77-80(99-83(88)71-68-65-62-59-56-51-24-21-18-15-12-9-6-3)76-94-82(87)70-67-64-61-58-55-53-50-47-45-30-28-26-23-20-17-14-11-8-5-2/h7-8,10-11,16-17,19-21,24-28,31-32,34-35,45,47,53,55,61,64,78-80,84-85H,4-6,9,12-15,18,22-23,29-30,33,36-44,46,48-52,54,56-60,62-63,65-77H2,1-3H3,(H,89,90)(H,91,92)/b10-7-,11-8-,19-16-,20-17-,24-21-,27-25-,28-26-,32-31-,35-34-,47-45-,55-53-,64-61-. The van der Waals surface area contributed by atoms with E-state index in [-0.39, 0.29) is 19.3 Å². The molecule has 5 atom stereocenters. The summed E-state index contributed by atoms with van der Waals surface area (Å²) in [6, 6.07) is 0. The number of ether oxygens (including phenoxy) is 3. The molecular weight excluding hydrogens is 1310 g/mol. The minimum Gasteiger partial charge on any atom is -0.463 e. The summed E-state index contributed by atoms with van der Waals surface area (Å²) in [5, 5.41) is 20.6. The number of phosphoric acid groups is 2. The van der Waals surface area contributed by atoms with Gasteiger partial charge in [0, 0.05) is 19.3 Å². The van der Waals surface area contributed by atoms with E-state index in [2.05, 4.69) is 148 Å². The van der Waals surface area contributed by atoms with E-state index >= 15 is 0 Å². The van der Waals surface area contributed by atoms with E-state index in [1.54, 1.807) is 0 Å². The summed E-state index contributed by atoms with van der Waals surface area (Å²) < 4.78 is 60.9. The van der Waals surface area contributed by atoms with Crippen LogP contribution in [0.25, 0.3) is 0 Å². The Morgan fingerprint density at radius 1 is 0.287 bits per heavy atom. The van der Waals surface area contributed by atoms with Gasteiger partial charge >= 0.3 is 33.6 Å². The number of unbranched alkanes of at least 4 members (excludes halogenated alkanes) is 26. The number of carbonyl (C=O) groups excluding carboxylic acids is 3. The summed E-state index contributed by atoms with van der Waals surface area (Å²) in [6.07, 6.45) is 92.2. The number of rotatable bonds is 73. The lowest BCUT2D eigenvalue weighted by atomic mass is 10.0. The van der Waals surface area contributed by atoms with Crippen LogP contribution in [-0.4, -0.2) is 95.9 Å². The van der Waals surface area contributed by atoms with Gasteiger partial charge in [-0.15, -0.1) is 0 Å². The molecule has 0 aromatic rings. The molecule has 0 aliphatic heterocycles. The first kappa shape index (κ1) is 96.4. The van der Waals surface area contributed by atoms with Crippen LogP contribution in [0.4, 0.5) is 0 Å². The minimum absolute atomic E-state index is 0.0409. The first-order chi connectivity index (χ1) is 49.2. The fourth-order valence-electron chi connectivity index (χ4n) is 10.1. The number of aliphatic hydroxyl groups excluding tert-OH is 2. The van der Waals surface area contributed by atoms with Gasteiger partial charge in [0.1, 0.15) is 25.4 Å². The van der Waals surface area contributed by atoms with E-state index in [1.807, 2.05) is 18.2 Å². The Morgan fingerprint density at radius 2 is 0.545 bits per heavy atom. The van der Waals surface area contributed by atoms with Crippen LogP contribution in [0.3, 0.4) is 0 Å². The third-order valence-corrected chi connectivity index (χ3v) is 17.9. The molecule has 5 unspecified atom stereocenters. The molecule has 0 amide bonds. The zero-order valence-electron chi connectivity index (χ0n) is 63.0. The van der Waals surface area contributed by atoms with E-state index in [4.69, 9.17) is 32.3 Å². The molecule has 0 aromatic carbocycles. The minimum atomic E-state index is -4.95. The smallest absolute Gasteiger partial charge is 0.463 e. The van der Waals surface area contributed by atoms with Crippen LogP contribution in [0.2, 0.25) is 0 Å². The highest BCUT2D eigenvalue weighted by atomic mass is 31.2. The van der Waals surface area contributed by atoms with Gasteiger partial charge in [-0.1, -0.05) is 301 Å². The number of aliphatic hydroxyl groups is 2. The Bertz CT molecular complexity index is 2420. The predicted molar refractivity (Wildman–Crippen MR) is 417 cm³/mol. The van der Waals surface area contributed by atoms with Crippen molar-refractivity contribution in [2.45, 2.75) is 322 Å². The molecule has 578 valence electrons. The number of hydrogen-bond donors (Lipinski definition) is 4. The molecule has 18 heteroatoms. The van der Waals surface area contributed by atoms with Crippen molar-refractivity contribution >= 4 is 33.6 Å². The van der Waals surface area contributed by atoms with E-state index in [0.717, 1.165) is 122 Å². The van der Waals surface area contributed by atoms with E-state index < -0.39 is 91.5 Å². The lowest BCUT2D eigenvalue weighted by molar-refractivity contribution is -0.161. The second kappa shape index (κ2) is 75.1. The normalized spacial score (nSPS) is 14.8. The number of carbonyl (C=O) groups is 3. The summed E-state index contributed by atoms with van der Waals surface area (Å²) in [5.74, 6) is -1.68. The van der Waals surface area contributed by atoms with Gasteiger partial charge in [-0.3, -0.25) is 32.5 Å². The monoisotopic (exact) mass is 1450 g/mol. The molecule has 0 heterocycles. The molecular formula is C83H140O16P2. The number of phosphoric ester groups is 2. The molecule has 0 saturated heterocycles. The van der Waals surface area contributed by atoms with Gasteiger partial charge in [-0.2, -0.15) is 0 Å². The van der Waals surface area contributed by atoms with Gasteiger partial charge in [0.25, 0.3) is 0 Å². The molecule has 0 bridgehead atoms. The van der Waals surface area contributed by atoms with Crippen molar-refractivity contribution in [2.24, 2.45) is 0 Å². The van der Waals surface area contributed by atoms with Crippen molar-refractivity contribution in [3.63, 3.8) is 0 Å². The average molecular weight is 1460 g/mol. The maximum atomic E-state index is 12.9. The summed E-state index contributed by atoms with van der Waals surface area (Å²) in [7, 11) is -9.81. The Hall–Kier alpha value is -4.57. The average Bonchev–Trinajstić information content (AvgIpc) is 0.964. The maximum Gasteiger partial charge on any atom is 0.472 e. The van der Waals surface area contributed by atoms with Crippen molar-refractivity contribution in [3.05, 3.63) is 146 Å². The molecule has 0 saturated carbocycles. The van der Waals surface area contributed by atoms with E-state index in [9.17, 15) is 43.5 Å². The molecule has 101 heavy (non-hydrogen) atoms. The molecule has 0 aliphatic rings. The molecule has 0 rings (SSSR count). The third-order valence-electron chi connectivity index (χ3n) is 16.0.